The Hall–Kier alpha value is -0.940. The summed E-state index contributed by atoms with van der Waals surface area (Å²) < 4.78 is 2.83. The van der Waals surface area contributed by atoms with Crippen LogP contribution in [0.1, 0.15) is 5.56 Å². The summed E-state index contributed by atoms with van der Waals surface area (Å²) in [5.74, 6) is 0.693. The minimum atomic E-state index is 0.693. The SMILES string of the molecule is CSc1cnn(-c2ccc(Br)cc2C)c1N. The molecule has 2 rings (SSSR count). The molecular weight excluding hydrogens is 286 g/mol. The lowest BCUT2D eigenvalue weighted by Crippen LogP contribution is -2.03. The van der Waals surface area contributed by atoms with Gasteiger partial charge in [-0.25, -0.2) is 4.68 Å². The summed E-state index contributed by atoms with van der Waals surface area (Å²) in [4.78, 5) is 1.00. The number of thioether (sulfide) groups is 1. The largest absolute Gasteiger partial charge is 0.383 e. The third-order valence-electron chi connectivity index (χ3n) is 2.38. The molecule has 1 aromatic carbocycles. The fourth-order valence-corrected chi connectivity index (χ4v) is 2.47. The van der Waals surface area contributed by atoms with Crippen molar-refractivity contribution >= 4 is 33.5 Å². The van der Waals surface area contributed by atoms with Gasteiger partial charge in [0.25, 0.3) is 0 Å². The lowest BCUT2D eigenvalue weighted by molar-refractivity contribution is 0.882. The van der Waals surface area contributed by atoms with Gasteiger partial charge in [-0.1, -0.05) is 15.9 Å². The predicted molar refractivity (Wildman–Crippen MR) is 72.2 cm³/mol. The van der Waals surface area contributed by atoms with E-state index in [2.05, 4.69) is 27.1 Å². The highest BCUT2D eigenvalue weighted by Gasteiger charge is 2.09. The van der Waals surface area contributed by atoms with Crippen LogP contribution in [-0.4, -0.2) is 16.0 Å². The highest BCUT2D eigenvalue weighted by molar-refractivity contribution is 9.10. The highest BCUT2D eigenvalue weighted by atomic mass is 79.9. The first-order valence-corrected chi connectivity index (χ1v) is 6.79. The molecule has 2 aromatic rings. The molecule has 5 heteroatoms. The fraction of sp³-hybridized carbons (Fsp3) is 0.182. The Labute approximate surface area is 107 Å². The van der Waals surface area contributed by atoms with Crippen LogP contribution in [0.25, 0.3) is 5.69 Å². The van der Waals surface area contributed by atoms with Gasteiger partial charge in [-0.05, 0) is 36.9 Å². The zero-order chi connectivity index (χ0) is 11.7. The quantitative estimate of drug-likeness (QED) is 0.866. The number of aryl methyl sites for hydroxylation is 1. The molecule has 16 heavy (non-hydrogen) atoms. The highest BCUT2D eigenvalue weighted by Crippen LogP contribution is 2.27. The summed E-state index contributed by atoms with van der Waals surface area (Å²) in [6.07, 6.45) is 3.79. The summed E-state index contributed by atoms with van der Waals surface area (Å²) >= 11 is 5.04. The van der Waals surface area contributed by atoms with Crippen LogP contribution in [0.15, 0.2) is 33.8 Å². The molecule has 0 bridgehead atoms. The van der Waals surface area contributed by atoms with Gasteiger partial charge in [0.1, 0.15) is 5.82 Å². The molecule has 0 aliphatic carbocycles. The molecule has 3 nitrogen and oxygen atoms in total. The second-order valence-electron chi connectivity index (χ2n) is 3.44. The summed E-state index contributed by atoms with van der Waals surface area (Å²) in [7, 11) is 0. The van der Waals surface area contributed by atoms with Crippen molar-refractivity contribution in [1.29, 1.82) is 0 Å². The van der Waals surface area contributed by atoms with Crippen molar-refractivity contribution in [2.75, 3.05) is 12.0 Å². The van der Waals surface area contributed by atoms with Crippen molar-refractivity contribution < 1.29 is 0 Å². The number of anilines is 1. The maximum Gasteiger partial charge on any atom is 0.140 e. The topological polar surface area (TPSA) is 43.8 Å². The molecule has 1 heterocycles. The van der Waals surface area contributed by atoms with Crippen LogP contribution in [0, 0.1) is 6.92 Å². The zero-order valence-corrected chi connectivity index (χ0v) is 11.5. The average molecular weight is 298 g/mol. The number of nitrogen functional groups attached to an aromatic ring is 1. The van der Waals surface area contributed by atoms with E-state index in [-0.39, 0.29) is 0 Å². The number of rotatable bonds is 2. The van der Waals surface area contributed by atoms with Crippen LogP contribution in [0.3, 0.4) is 0 Å². The van der Waals surface area contributed by atoms with Gasteiger partial charge >= 0.3 is 0 Å². The van der Waals surface area contributed by atoms with E-state index in [1.54, 1.807) is 22.6 Å². The van der Waals surface area contributed by atoms with E-state index < -0.39 is 0 Å². The molecular formula is C11H12BrN3S. The van der Waals surface area contributed by atoms with Gasteiger partial charge in [0.2, 0.25) is 0 Å². The molecule has 2 N–H and O–H groups in total. The number of nitrogens with two attached hydrogens (primary N) is 1. The van der Waals surface area contributed by atoms with Gasteiger partial charge in [0.15, 0.2) is 0 Å². The number of hydrogen-bond donors (Lipinski definition) is 1. The first kappa shape index (κ1) is 11.5. The zero-order valence-electron chi connectivity index (χ0n) is 9.07. The third kappa shape index (κ3) is 1.97. The lowest BCUT2D eigenvalue weighted by Gasteiger charge is -2.08. The minimum absolute atomic E-state index is 0.693. The Morgan fingerprint density at radius 3 is 2.75 bits per heavy atom. The first-order chi connectivity index (χ1) is 7.63. The van der Waals surface area contributed by atoms with E-state index in [4.69, 9.17) is 5.73 Å². The van der Waals surface area contributed by atoms with Crippen molar-refractivity contribution in [2.24, 2.45) is 0 Å². The van der Waals surface area contributed by atoms with Crippen LogP contribution >= 0.6 is 27.7 Å². The van der Waals surface area contributed by atoms with Crippen molar-refractivity contribution in [3.63, 3.8) is 0 Å². The molecule has 0 fully saturated rings. The summed E-state index contributed by atoms with van der Waals surface area (Å²) in [6, 6.07) is 6.05. The predicted octanol–water partition coefficient (Wildman–Crippen LogP) is 3.25. The van der Waals surface area contributed by atoms with Gasteiger partial charge in [0, 0.05) is 4.47 Å². The van der Waals surface area contributed by atoms with Crippen molar-refractivity contribution in [3.8, 4) is 5.69 Å². The Bertz CT molecular complexity index is 522. The minimum Gasteiger partial charge on any atom is -0.383 e. The molecule has 0 spiro atoms. The number of halogens is 1. The normalized spacial score (nSPS) is 10.7. The second-order valence-corrected chi connectivity index (χ2v) is 5.20. The van der Waals surface area contributed by atoms with Crippen molar-refractivity contribution in [2.45, 2.75) is 11.8 Å². The van der Waals surface area contributed by atoms with Gasteiger partial charge < -0.3 is 5.73 Å². The molecule has 84 valence electrons. The van der Waals surface area contributed by atoms with Gasteiger partial charge in [-0.15, -0.1) is 11.8 Å². The Kier molecular flexibility index (Phi) is 3.25. The monoisotopic (exact) mass is 297 g/mol. The lowest BCUT2D eigenvalue weighted by atomic mass is 10.2. The number of nitrogens with zero attached hydrogens (tertiary/aromatic N) is 2. The molecule has 0 saturated carbocycles. The second kappa shape index (κ2) is 4.51. The van der Waals surface area contributed by atoms with Crippen LogP contribution in [0.4, 0.5) is 5.82 Å². The van der Waals surface area contributed by atoms with Gasteiger partial charge in [-0.2, -0.15) is 5.10 Å². The van der Waals surface area contributed by atoms with E-state index in [0.29, 0.717) is 5.82 Å². The van der Waals surface area contributed by atoms with Crippen LogP contribution in [0.2, 0.25) is 0 Å². The maximum atomic E-state index is 6.02. The smallest absolute Gasteiger partial charge is 0.140 e. The van der Waals surface area contributed by atoms with Gasteiger partial charge in [-0.3, -0.25) is 0 Å². The average Bonchev–Trinajstić information content (AvgIpc) is 2.60. The number of benzene rings is 1. The molecule has 0 radical (unpaired) electrons. The Morgan fingerprint density at radius 2 is 2.19 bits per heavy atom. The molecule has 0 unspecified atom stereocenters. The van der Waals surface area contributed by atoms with Crippen LogP contribution in [-0.2, 0) is 0 Å². The number of hydrogen-bond acceptors (Lipinski definition) is 3. The maximum absolute atomic E-state index is 6.02. The number of aromatic nitrogens is 2. The molecule has 0 aliphatic rings. The fourth-order valence-electron chi connectivity index (χ4n) is 1.55. The van der Waals surface area contributed by atoms with E-state index in [1.807, 2.05) is 25.3 Å². The summed E-state index contributed by atoms with van der Waals surface area (Å²) in [6.45, 7) is 2.04. The summed E-state index contributed by atoms with van der Waals surface area (Å²) in [5, 5.41) is 4.30. The Morgan fingerprint density at radius 1 is 1.44 bits per heavy atom. The standard InChI is InChI=1S/C11H12BrN3S/c1-7-5-8(12)3-4-9(7)15-11(13)10(16-2)6-14-15/h3-6H,13H2,1-2H3. The van der Waals surface area contributed by atoms with E-state index >= 15 is 0 Å². The van der Waals surface area contributed by atoms with Gasteiger partial charge in [0.05, 0.1) is 16.8 Å². The molecule has 0 aliphatic heterocycles. The van der Waals surface area contributed by atoms with Crippen molar-refractivity contribution in [1.82, 2.24) is 9.78 Å². The van der Waals surface area contributed by atoms with E-state index in [0.717, 1.165) is 20.6 Å². The molecule has 0 atom stereocenters. The van der Waals surface area contributed by atoms with Crippen molar-refractivity contribution in [3.05, 3.63) is 34.4 Å². The Balaban J connectivity index is 2.54. The van der Waals surface area contributed by atoms with E-state index in [9.17, 15) is 0 Å². The van der Waals surface area contributed by atoms with E-state index in [1.165, 1.54) is 0 Å². The molecule has 0 saturated heterocycles. The third-order valence-corrected chi connectivity index (χ3v) is 3.63. The summed E-state index contributed by atoms with van der Waals surface area (Å²) in [5.41, 5.74) is 8.17. The van der Waals surface area contributed by atoms with Crippen LogP contribution < -0.4 is 5.73 Å². The molecule has 1 aromatic heterocycles. The first-order valence-electron chi connectivity index (χ1n) is 4.77. The van der Waals surface area contributed by atoms with Crippen LogP contribution in [0.5, 0.6) is 0 Å². The molecule has 0 amide bonds.